The van der Waals surface area contributed by atoms with E-state index in [1.807, 2.05) is 0 Å². The van der Waals surface area contributed by atoms with Gasteiger partial charge < -0.3 is 5.11 Å². The molecule has 94 valence electrons. The average molecular weight is 248 g/mol. The number of carbonyl (C=O) groups is 1. The van der Waals surface area contributed by atoms with E-state index in [4.69, 9.17) is 5.11 Å². The van der Waals surface area contributed by atoms with E-state index in [9.17, 15) is 18.0 Å². The summed E-state index contributed by atoms with van der Waals surface area (Å²) in [4.78, 5) is 17.0. The van der Waals surface area contributed by atoms with Crippen molar-refractivity contribution in [1.82, 2.24) is 9.97 Å². The number of halogens is 3. The van der Waals surface area contributed by atoms with Crippen molar-refractivity contribution in [3.63, 3.8) is 0 Å². The molecular weight excluding hydrogens is 237 g/mol. The van der Waals surface area contributed by atoms with Crippen LogP contribution in [-0.2, 0) is 11.6 Å². The largest absolute Gasteiger partial charge is 0.477 e. The molecule has 1 rings (SSSR count). The second kappa shape index (κ2) is 3.97. The smallest absolute Gasteiger partial charge is 0.451 e. The Labute approximate surface area is 95.5 Å². The normalized spacial score (nSPS) is 12.6. The Morgan fingerprint density at radius 2 is 1.76 bits per heavy atom. The van der Waals surface area contributed by atoms with Crippen LogP contribution in [0.5, 0.6) is 0 Å². The minimum Gasteiger partial charge on any atom is -0.477 e. The molecule has 0 aliphatic heterocycles. The van der Waals surface area contributed by atoms with Crippen LogP contribution in [0.4, 0.5) is 13.2 Å². The van der Waals surface area contributed by atoms with Crippen LogP contribution in [0.25, 0.3) is 0 Å². The lowest BCUT2D eigenvalue weighted by Gasteiger charge is -2.19. The molecule has 0 aliphatic rings. The van der Waals surface area contributed by atoms with E-state index in [1.165, 1.54) is 0 Å². The standard InChI is InChI=1S/C10H11F3N2O2/c1-9(2,3)6-4-5(7(16)17)14-8(15-6)10(11,12)13/h4H,1-3H3,(H,16,17). The number of carboxylic acid groups (broad SMARTS) is 1. The molecule has 0 saturated carbocycles. The molecule has 0 atom stereocenters. The Balaban J connectivity index is 3.45. The third-order valence-electron chi connectivity index (χ3n) is 1.97. The van der Waals surface area contributed by atoms with Gasteiger partial charge in [0.05, 0.1) is 5.69 Å². The quantitative estimate of drug-likeness (QED) is 0.829. The van der Waals surface area contributed by atoms with E-state index in [0.717, 1.165) is 6.07 Å². The number of aromatic nitrogens is 2. The molecule has 4 nitrogen and oxygen atoms in total. The lowest BCUT2D eigenvalue weighted by atomic mass is 9.91. The molecule has 0 spiro atoms. The van der Waals surface area contributed by atoms with Crippen molar-refractivity contribution in [3.8, 4) is 0 Å². The Morgan fingerprint density at radius 1 is 1.24 bits per heavy atom. The van der Waals surface area contributed by atoms with Gasteiger partial charge in [0.25, 0.3) is 0 Å². The van der Waals surface area contributed by atoms with E-state index in [2.05, 4.69) is 9.97 Å². The molecule has 0 unspecified atom stereocenters. The summed E-state index contributed by atoms with van der Waals surface area (Å²) >= 11 is 0. The first kappa shape index (κ1) is 13.4. The fourth-order valence-corrected chi connectivity index (χ4v) is 1.07. The monoisotopic (exact) mass is 248 g/mol. The minimum absolute atomic E-state index is 0.0391. The fourth-order valence-electron chi connectivity index (χ4n) is 1.07. The number of nitrogens with zero attached hydrogens (tertiary/aromatic N) is 2. The first-order valence-corrected chi connectivity index (χ1v) is 4.72. The second-order valence-corrected chi connectivity index (χ2v) is 4.51. The summed E-state index contributed by atoms with van der Waals surface area (Å²) in [5, 5.41) is 8.71. The van der Waals surface area contributed by atoms with Gasteiger partial charge in [-0.3, -0.25) is 0 Å². The lowest BCUT2D eigenvalue weighted by molar-refractivity contribution is -0.145. The van der Waals surface area contributed by atoms with Crippen LogP contribution >= 0.6 is 0 Å². The summed E-state index contributed by atoms with van der Waals surface area (Å²) in [5.74, 6) is -2.94. The first-order valence-electron chi connectivity index (χ1n) is 4.72. The number of rotatable bonds is 1. The number of alkyl halides is 3. The highest BCUT2D eigenvalue weighted by Crippen LogP contribution is 2.29. The van der Waals surface area contributed by atoms with Crippen LogP contribution in [0.15, 0.2) is 6.07 Å². The number of hydrogen-bond acceptors (Lipinski definition) is 3. The molecule has 0 aliphatic carbocycles. The van der Waals surface area contributed by atoms with Crippen LogP contribution in [0, 0.1) is 0 Å². The number of aromatic carboxylic acids is 1. The van der Waals surface area contributed by atoms with Crippen molar-refractivity contribution in [2.75, 3.05) is 0 Å². The molecule has 0 bridgehead atoms. The highest BCUT2D eigenvalue weighted by molar-refractivity contribution is 5.85. The molecule has 0 radical (unpaired) electrons. The van der Waals surface area contributed by atoms with Crippen molar-refractivity contribution < 1.29 is 23.1 Å². The van der Waals surface area contributed by atoms with E-state index < -0.39 is 29.1 Å². The van der Waals surface area contributed by atoms with Gasteiger partial charge in [-0.2, -0.15) is 13.2 Å². The van der Waals surface area contributed by atoms with Crippen LogP contribution in [0.1, 0.15) is 42.8 Å². The van der Waals surface area contributed by atoms with E-state index in [1.54, 1.807) is 20.8 Å². The van der Waals surface area contributed by atoms with Gasteiger partial charge in [0.2, 0.25) is 5.82 Å². The molecule has 0 amide bonds. The Kier molecular flexibility index (Phi) is 3.13. The summed E-state index contributed by atoms with van der Waals surface area (Å²) in [5.41, 5.74) is -1.30. The van der Waals surface area contributed by atoms with Crippen molar-refractivity contribution in [2.45, 2.75) is 32.4 Å². The van der Waals surface area contributed by atoms with Gasteiger partial charge in [0.1, 0.15) is 0 Å². The maximum atomic E-state index is 12.5. The SMILES string of the molecule is CC(C)(C)c1cc(C(=O)O)nc(C(F)(F)F)n1. The van der Waals surface area contributed by atoms with Gasteiger partial charge in [-0.25, -0.2) is 14.8 Å². The third kappa shape index (κ3) is 3.15. The Morgan fingerprint density at radius 3 is 2.12 bits per heavy atom. The average Bonchev–Trinajstić information content (AvgIpc) is 2.14. The molecule has 0 saturated heterocycles. The van der Waals surface area contributed by atoms with Gasteiger partial charge in [-0.15, -0.1) is 0 Å². The molecule has 7 heteroatoms. The summed E-state index contributed by atoms with van der Waals surface area (Å²) in [6.45, 7) is 4.92. The number of hydrogen-bond donors (Lipinski definition) is 1. The summed E-state index contributed by atoms with van der Waals surface area (Å²) in [6.07, 6.45) is -4.76. The molecule has 1 N–H and O–H groups in total. The predicted octanol–water partition coefficient (Wildman–Crippen LogP) is 2.49. The van der Waals surface area contributed by atoms with Gasteiger partial charge in [-0.05, 0) is 6.07 Å². The van der Waals surface area contributed by atoms with E-state index in [0.29, 0.717) is 0 Å². The minimum atomic E-state index is -4.76. The summed E-state index contributed by atoms with van der Waals surface area (Å²) in [7, 11) is 0. The van der Waals surface area contributed by atoms with Gasteiger partial charge >= 0.3 is 12.1 Å². The predicted molar refractivity (Wildman–Crippen MR) is 52.7 cm³/mol. The molecule has 1 aromatic rings. The maximum Gasteiger partial charge on any atom is 0.451 e. The fraction of sp³-hybridized carbons (Fsp3) is 0.500. The second-order valence-electron chi connectivity index (χ2n) is 4.51. The van der Waals surface area contributed by atoms with Gasteiger partial charge in [-0.1, -0.05) is 20.8 Å². The lowest BCUT2D eigenvalue weighted by Crippen LogP contribution is -2.21. The highest BCUT2D eigenvalue weighted by atomic mass is 19.4. The summed E-state index contributed by atoms with van der Waals surface area (Å²) < 4.78 is 37.4. The van der Waals surface area contributed by atoms with Crippen molar-refractivity contribution in [1.29, 1.82) is 0 Å². The van der Waals surface area contributed by atoms with Crippen LogP contribution < -0.4 is 0 Å². The topological polar surface area (TPSA) is 63.1 Å². The molecule has 0 aromatic carbocycles. The third-order valence-corrected chi connectivity index (χ3v) is 1.97. The zero-order valence-corrected chi connectivity index (χ0v) is 9.46. The van der Waals surface area contributed by atoms with Crippen LogP contribution in [0.2, 0.25) is 0 Å². The Hall–Kier alpha value is -1.66. The van der Waals surface area contributed by atoms with Crippen LogP contribution in [-0.4, -0.2) is 21.0 Å². The van der Waals surface area contributed by atoms with Crippen molar-refractivity contribution >= 4 is 5.97 Å². The van der Waals surface area contributed by atoms with E-state index >= 15 is 0 Å². The zero-order chi connectivity index (χ0) is 13.4. The van der Waals surface area contributed by atoms with Crippen molar-refractivity contribution in [3.05, 3.63) is 23.3 Å². The summed E-state index contributed by atoms with van der Waals surface area (Å²) in [6, 6.07) is 1.05. The zero-order valence-electron chi connectivity index (χ0n) is 9.46. The van der Waals surface area contributed by atoms with Crippen molar-refractivity contribution in [2.24, 2.45) is 0 Å². The molecule has 0 fully saturated rings. The molecule has 17 heavy (non-hydrogen) atoms. The molecule has 1 aromatic heterocycles. The Bertz CT molecular complexity index is 418. The van der Waals surface area contributed by atoms with E-state index in [-0.39, 0.29) is 5.69 Å². The van der Waals surface area contributed by atoms with Gasteiger partial charge in [0.15, 0.2) is 5.69 Å². The van der Waals surface area contributed by atoms with Gasteiger partial charge in [0, 0.05) is 5.41 Å². The maximum absolute atomic E-state index is 12.5. The van der Waals surface area contributed by atoms with Crippen LogP contribution in [0.3, 0.4) is 0 Å². The number of carboxylic acids is 1. The molecule has 1 heterocycles. The first-order chi connectivity index (χ1) is 7.51. The highest BCUT2D eigenvalue weighted by Gasteiger charge is 2.37. The molecular formula is C10H11F3N2O2.